The van der Waals surface area contributed by atoms with Gasteiger partial charge >= 0.3 is 0 Å². The molecule has 8 nitrogen and oxygen atoms in total. The lowest BCUT2D eigenvalue weighted by atomic mass is 10.2. The van der Waals surface area contributed by atoms with E-state index in [0.717, 1.165) is 16.8 Å². The Kier molecular flexibility index (Phi) is 5.09. The minimum absolute atomic E-state index is 0.0482. The van der Waals surface area contributed by atoms with Crippen LogP contribution in [0.15, 0.2) is 48.8 Å². The molecule has 1 aromatic carbocycles. The molecule has 3 heterocycles. The van der Waals surface area contributed by atoms with Crippen LogP contribution in [0.4, 0.5) is 11.5 Å². The minimum atomic E-state index is -0.203. The van der Waals surface area contributed by atoms with Gasteiger partial charge in [0.25, 0.3) is 5.78 Å². The molecule has 0 atom stereocenters. The van der Waals surface area contributed by atoms with E-state index in [4.69, 9.17) is 11.6 Å². The molecule has 0 unspecified atom stereocenters. The van der Waals surface area contributed by atoms with Crippen LogP contribution in [0.1, 0.15) is 11.3 Å². The molecule has 4 rings (SSSR count). The topological polar surface area (TPSA) is 97.1 Å². The van der Waals surface area contributed by atoms with Crippen molar-refractivity contribution < 1.29 is 4.79 Å². The van der Waals surface area contributed by atoms with Gasteiger partial charge in [0.1, 0.15) is 5.82 Å². The Morgan fingerprint density at radius 3 is 2.83 bits per heavy atom. The van der Waals surface area contributed by atoms with Crippen LogP contribution in [0, 0.1) is 13.8 Å². The largest absolute Gasteiger partial charge is 0.361 e. The number of benzene rings is 1. The Morgan fingerprint density at radius 2 is 2.03 bits per heavy atom. The molecule has 146 valence electrons. The Morgan fingerprint density at radius 1 is 1.17 bits per heavy atom. The summed E-state index contributed by atoms with van der Waals surface area (Å²) in [5.41, 5.74) is 3.05. The summed E-state index contributed by atoms with van der Waals surface area (Å²) in [6.45, 7) is 3.77. The number of carbonyl (C=O) groups is 1. The summed E-state index contributed by atoms with van der Waals surface area (Å²) in [4.78, 5) is 25.4. The third kappa shape index (κ3) is 4.02. The maximum atomic E-state index is 12.4. The van der Waals surface area contributed by atoms with Crippen molar-refractivity contribution >= 4 is 34.8 Å². The first-order valence-electron chi connectivity index (χ1n) is 8.95. The number of halogens is 1. The second kappa shape index (κ2) is 7.84. The Labute approximate surface area is 172 Å². The molecule has 29 heavy (non-hydrogen) atoms. The van der Waals surface area contributed by atoms with Crippen LogP contribution >= 0.6 is 11.6 Å². The lowest BCUT2D eigenvalue weighted by molar-refractivity contribution is -0.114. The number of hydrogen-bond acceptors (Lipinski definition) is 6. The number of nitrogens with zero attached hydrogens (tertiary/aromatic N) is 5. The van der Waals surface area contributed by atoms with Crippen LogP contribution in [0.5, 0.6) is 0 Å². The molecule has 0 spiro atoms. The summed E-state index contributed by atoms with van der Waals surface area (Å²) in [5, 5.41) is 11.1. The van der Waals surface area contributed by atoms with Gasteiger partial charge in [-0.05, 0) is 43.7 Å². The standard InChI is InChI=1S/C20H18ClN7O/c1-12-9-17(23-11-18(29)25-16-7-3-6-15(21)13(16)2)28-20(24-12)26-19(27-28)14-5-4-8-22-10-14/h3-10,23H,11H2,1-2H3,(H,25,29). The van der Waals surface area contributed by atoms with Crippen molar-refractivity contribution in [3.05, 3.63) is 65.1 Å². The average Bonchev–Trinajstić information content (AvgIpc) is 3.14. The summed E-state index contributed by atoms with van der Waals surface area (Å²) in [6, 6.07) is 10.9. The van der Waals surface area contributed by atoms with Gasteiger partial charge in [-0.2, -0.15) is 9.50 Å². The van der Waals surface area contributed by atoms with Crippen molar-refractivity contribution in [2.45, 2.75) is 13.8 Å². The maximum absolute atomic E-state index is 12.4. The number of rotatable bonds is 5. The Hall–Kier alpha value is -3.52. The van der Waals surface area contributed by atoms with Crippen LogP contribution in [-0.2, 0) is 4.79 Å². The highest BCUT2D eigenvalue weighted by Gasteiger charge is 2.13. The third-order valence-corrected chi connectivity index (χ3v) is 4.74. The zero-order valence-corrected chi connectivity index (χ0v) is 16.6. The van der Waals surface area contributed by atoms with Gasteiger partial charge in [-0.3, -0.25) is 9.78 Å². The van der Waals surface area contributed by atoms with E-state index in [-0.39, 0.29) is 12.5 Å². The number of fused-ring (bicyclic) bond motifs is 1. The lowest BCUT2D eigenvalue weighted by Crippen LogP contribution is -2.23. The molecule has 0 bridgehead atoms. The van der Waals surface area contributed by atoms with Gasteiger partial charge in [-0.1, -0.05) is 17.7 Å². The zero-order chi connectivity index (χ0) is 20.4. The van der Waals surface area contributed by atoms with Crippen LogP contribution in [0.25, 0.3) is 17.2 Å². The van der Waals surface area contributed by atoms with Crippen molar-refractivity contribution in [1.82, 2.24) is 24.6 Å². The van der Waals surface area contributed by atoms with Gasteiger partial charge in [0.2, 0.25) is 5.91 Å². The van der Waals surface area contributed by atoms with Gasteiger partial charge in [0.15, 0.2) is 5.82 Å². The maximum Gasteiger partial charge on any atom is 0.254 e. The number of aryl methyl sites for hydroxylation is 1. The number of pyridine rings is 1. The molecular weight excluding hydrogens is 390 g/mol. The quantitative estimate of drug-likeness (QED) is 0.525. The molecule has 0 radical (unpaired) electrons. The number of carbonyl (C=O) groups excluding carboxylic acids is 1. The minimum Gasteiger partial charge on any atom is -0.361 e. The normalized spacial score (nSPS) is 10.9. The molecule has 3 aromatic heterocycles. The fourth-order valence-corrected chi connectivity index (χ4v) is 3.01. The monoisotopic (exact) mass is 407 g/mol. The molecule has 0 aliphatic carbocycles. The number of anilines is 2. The summed E-state index contributed by atoms with van der Waals surface area (Å²) < 4.78 is 1.58. The molecule has 9 heteroatoms. The molecule has 0 aliphatic heterocycles. The number of amides is 1. The summed E-state index contributed by atoms with van der Waals surface area (Å²) in [5.74, 6) is 1.37. The fourth-order valence-electron chi connectivity index (χ4n) is 2.84. The second-order valence-electron chi connectivity index (χ2n) is 6.49. The lowest BCUT2D eigenvalue weighted by Gasteiger charge is -2.11. The Balaban J connectivity index is 1.55. The van der Waals surface area contributed by atoms with Crippen molar-refractivity contribution in [1.29, 1.82) is 0 Å². The number of aromatic nitrogens is 5. The number of nitrogens with one attached hydrogen (secondary N) is 2. The van der Waals surface area contributed by atoms with Gasteiger partial charge < -0.3 is 10.6 Å². The van der Waals surface area contributed by atoms with E-state index in [9.17, 15) is 4.79 Å². The highest BCUT2D eigenvalue weighted by molar-refractivity contribution is 6.31. The van der Waals surface area contributed by atoms with Crippen molar-refractivity contribution in [2.24, 2.45) is 0 Å². The molecule has 4 aromatic rings. The van der Waals surface area contributed by atoms with Gasteiger partial charge in [0, 0.05) is 40.4 Å². The molecule has 2 N–H and O–H groups in total. The predicted molar refractivity (Wildman–Crippen MR) is 112 cm³/mol. The molecule has 0 aliphatic rings. The predicted octanol–water partition coefficient (Wildman–Crippen LogP) is 3.51. The summed E-state index contributed by atoms with van der Waals surface area (Å²) in [6.07, 6.45) is 3.38. The molecular formula is C20H18ClN7O. The van der Waals surface area contributed by atoms with Crippen LogP contribution in [0.2, 0.25) is 5.02 Å². The van der Waals surface area contributed by atoms with E-state index in [1.54, 1.807) is 29.0 Å². The second-order valence-corrected chi connectivity index (χ2v) is 6.89. The number of hydrogen-bond donors (Lipinski definition) is 2. The van der Waals surface area contributed by atoms with Gasteiger partial charge in [-0.25, -0.2) is 4.98 Å². The SMILES string of the molecule is Cc1cc(NCC(=O)Nc2cccc(Cl)c2C)n2nc(-c3cccnc3)nc2n1. The highest BCUT2D eigenvalue weighted by atomic mass is 35.5. The van der Waals surface area contributed by atoms with E-state index in [2.05, 4.69) is 30.7 Å². The molecule has 1 amide bonds. The first-order chi connectivity index (χ1) is 14.0. The van der Waals surface area contributed by atoms with Crippen LogP contribution in [-0.4, -0.2) is 37.0 Å². The van der Waals surface area contributed by atoms with Crippen molar-refractivity contribution in [3.63, 3.8) is 0 Å². The summed E-state index contributed by atoms with van der Waals surface area (Å²) >= 11 is 6.11. The van der Waals surface area contributed by atoms with Gasteiger partial charge in [-0.15, -0.1) is 5.10 Å². The van der Waals surface area contributed by atoms with Crippen molar-refractivity contribution in [2.75, 3.05) is 17.2 Å². The third-order valence-electron chi connectivity index (χ3n) is 4.33. The molecule has 0 saturated carbocycles. The van der Waals surface area contributed by atoms with Crippen LogP contribution < -0.4 is 10.6 Å². The first kappa shape index (κ1) is 18.8. The molecule has 0 saturated heterocycles. The van der Waals surface area contributed by atoms with E-state index < -0.39 is 0 Å². The van der Waals surface area contributed by atoms with Crippen molar-refractivity contribution in [3.8, 4) is 11.4 Å². The Bertz CT molecular complexity index is 1190. The van der Waals surface area contributed by atoms with E-state index in [1.165, 1.54) is 0 Å². The van der Waals surface area contributed by atoms with Gasteiger partial charge in [0.05, 0.1) is 6.54 Å². The summed E-state index contributed by atoms with van der Waals surface area (Å²) in [7, 11) is 0. The van der Waals surface area contributed by atoms with Crippen LogP contribution in [0.3, 0.4) is 0 Å². The smallest absolute Gasteiger partial charge is 0.254 e. The first-order valence-corrected chi connectivity index (χ1v) is 9.33. The highest BCUT2D eigenvalue weighted by Crippen LogP contribution is 2.23. The molecule has 0 fully saturated rings. The average molecular weight is 408 g/mol. The van der Waals surface area contributed by atoms with E-state index >= 15 is 0 Å². The van der Waals surface area contributed by atoms with E-state index in [0.29, 0.717) is 28.1 Å². The van der Waals surface area contributed by atoms with E-state index in [1.807, 2.05) is 38.1 Å². The fraction of sp³-hybridized carbons (Fsp3) is 0.150. The zero-order valence-electron chi connectivity index (χ0n) is 15.8.